The second kappa shape index (κ2) is 16.4. The second-order valence-corrected chi connectivity index (χ2v) is 20.2. The number of anilines is 1. The third-order valence-electron chi connectivity index (χ3n) is 17.1. The number of benzene rings is 3. The highest BCUT2D eigenvalue weighted by atomic mass is 19.1. The minimum Gasteiger partial charge on any atom is -0.496 e. The van der Waals surface area contributed by atoms with Gasteiger partial charge in [-0.15, -0.1) is 0 Å². The first-order valence-corrected chi connectivity index (χ1v) is 24.0. The van der Waals surface area contributed by atoms with Gasteiger partial charge in [-0.25, -0.2) is 9.18 Å². The van der Waals surface area contributed by atoms with Crippen LogP contribution in [0.5, 0.6) is 5.75 Å². The summed E-state index contributed by atoms with van der Waals surface area (Å²) in [6.07, 6.45) is 5.73. The van der Waals surface area contributed by atoms with Crippen LogP contribution in [0, 0.1) is 17.2 Å². The van der Waals surface area contributed by atoms with Crippen molar-refractivity contribution in [3.63, 3.8) is 0 Å². The van der Waals surface area contributed by atoms with Crippen molar-refractivity contribution in [1.82, 2.24) is 20.1 Å². The number of para-hydroxylation sites is 1. The quantitative estimate of drug-likeness (QED) is 0.109. The number of hydrogen-bond acceptors (Lipinski definition) is 12. The zero-order valence-electron chi connectivity index (χ0n) is 39.9. The van der Waals surface area contributed by atoms with Crippen LogP contribution < -0.4 is 15.0 Å². The van der Waals surface area contributed by atoms with E-state index in [2.05, 4.69) is 39.2 Å². The topological polar surface area (TPSA) is 163 Å². The van der Waals surface area contributed by atoms with E-state index in [-0.39, 0.29) is 24.3 Å². The number of amides is 1. The molecule has 14 nitrogen and oxygen atoms in total. The van der Waals surface area contributed by atoms with E-state index < -0.39 is 63.3 Å². The average molecular weight is 932 g/mol. The first-order chi connectivity index (χ1) is 32.6. The first-order valence-electron chi connectivity index (χ1n) is 24.0. The van der Waals surface area contributed by atoms with E-state index >= 15 is 4.79 Å². The Morgan fingerprint density at radius 1 is 0.926 bits per heavy atom. The molecule has 3 aromatic carbocycles. The van der Waals surface area contributed by atoms with E-state index in [4.69, 9.17) is 18.9 Å². The highest BCUT2D eigenvalue weighted by Gasteiger charge is 2.80. The number of esters is 3. The number of halogens is 1. The molecular weight excluding hydrogens is 870 g/mol. The molecule has 1 spiro atoms. The molecule has 1 aliphatic carbocycles. The molecule has 1 saturated carbocycles. The van der Waals surface area contributed by atoms with Gasteiger partial charge in [0, 0.05) is 96.5 Å². The lowest BCUT2D eigenvalue weighted by Gasteiger charge is -2.63. The molecule has 0 radical (unpaired) electrons. The van der Waals surface area contributed by atoms with Crippen LogP contribution in [0.3, 0.4) is 0 Å². The average Bonchev–Trinajstić information content (AvgIpc) is 4.00. The molecule has 3 N–H and O–H groups in total. The van der Waals surface area contributed by atoms with Gasteiger partial charge in [0.05, 0.1) is 32.9 Å². The summed E-state index contributed by atoms with van der Waals surface area (Å²) in [6, 6.07) is 16.3. The van der Waals surface area contributed by atoms with Crippen LogP contribution in [0.15, 0.2) is 72.8 Å². The zero-order valence-corrected chi connectivity index (χ0v) is 39.9. The molecular formula is C53H62FN5O9. The largest absolute Gasteiger partial charge is 0.496 e. The van der Waals surface area contributed by atoms with Gasteiger partial charge in [0.1, 0.15) is 17.0 Å². The molecule has 2 bridgehead atoms. The standard InChI is InChI=1S/C53H62FN5O9/c1-8-49(56-43(61)33-15-17-34(54)18-16-33)27-32-28-52(47(62)66-6,42-36(19-23-58(29-32)30-49)35-13-10-11-14-39(35)55-42)38-25-37-40(26-41(38)65-5)57(4)45-51(37)21-24-59-22-12-20-50(9-2,44(51)59)46(68-31(3)60)53(45,64)48(63)67-7/h10-18,20,25-26,32,44-46,55,64H,8-9,19,21-24,27-30H2,1-7H3,(H,56,61)/t32-,44+,45-,46-,49+,50-,51-,52+,53+/m1/s1. The minimum atomic E-state index is -2.35. The van der Waals surface area contributed by atoms with Gasteiger partial charge in [0.2, 0.25) is 5.60 Å². The summed E-state index contributed by atoms with van der Waals surface area (Å²) in [7, 11) is 6.09. The van der Waals surface area contributed by atoms with E-state index in [1.807, 2.05) is 55.3 Å². The Hall–Kier alpha value is -5.77. The summed E-state index contributed by atoms with van der Waals surface area (Å²) in [5.41, 5.74) is -1.51. The molecule has 68 heavy (non-hydrogen) atoms. The van der Waals surface area contributed by atoms with Gasteiger partial charge in [-0.3, -0.25) is 19.3 Å². The van der Waals surface area contributed by atoms with Crippen molar-refractivity contribution in [2.45, 2.75) is 99.5 Å². The van der Waals surface area contributed by atoms with Gasteiger partial charge in [-0.1, -0.05) is 44.2 Å². The maximum absolute atomic E-state index is 15.7. The number of hydrogen-bond donors (Lipinski definition) is 3. The number of methoxy groups -OCH3 is 3. The number of aliphatic hydroxyl groups is 1. The number of carbonyl (C=O) groups excluding carboxylic acids is 4. The third kappa shape index (κ3) is 6.29. The van der Waals surface area contributed by atoms with Crippen LogP contribution in [0.2, 0.25) is 0 Å². The van der Waals surface area contributed by atoms with Crippen molar-refractivity contribution in [2.24, 2.45) is 11.3 Å². The van der Waals surface area contributed by atoms with Crippen LogP contribution in [-0.4, -0.2) is 134 Å². The Morgan fingerprint density at radius 2 is 1.68 bits per heavy atom. The molecule has 1 aromatic heterocycles. The lowest BCUT2D eigenvalue weighted by molar-refractivity contribution is -0.228. The number of H-pyrrole nitrogens is 1. The summed E-state index contributed by atoms with van der Waals surface area (Å²) in [5.74, 6) is -2.49. The number of nitrogens with one attached hydrogen (secondary N) is 2. The van der Waals surface area contributed by atoms with Crippen molar-refractivity contribution < 1.29 is 47.6 Å². The molecule has 1 amide bonds. The lowest BCUT2D eigenvalue weighted by atomic mass is 9.47. The Kier molecular flexibility index (Phi) is 11.1. The van der Waals surface area contributed by atoms with Crippen LogP contribution in [0.25, 0.3) is 10.9 Å². The zero-order chi connectivity index (χ0) is 48.1. The SMILES string of the molecule is CC[C@]1(NC(=O)c2ccc(F)cc2)C[C@H]2CN(CCc3c([nH]c4ccccc34)[C@@](C(=O)OC)(c3cc4c(cc3OC)N(C)[C@H]3[C@@](O)(C(=O)OC)[C@H](OC(C)=O)[C@]5(CC)C=CCN6CC[C@]43[C@@H]65)C2)C1. The van der Waals surface area contributed by atoms with Crippen molar-refractivity contribution in [3.8, 4) is 5.75 Å². The Morgan fingerprint density at radius 3 is 2.37 bits per heavy atom. The monoisotopic (exact) mass is 931 g/mol. The Bertz CT molecular complexity index is 2740. The molecule has 4 aromatic rings. The maximum Gasteiger partial charge on any atom is 0.344 e. The summed E-state index contributed by atoms with van der Waals surface area (Å²) < 4.78 is 38.2. The number of rotatable bonds is 9. The van der Waals surface area contributed by atoms with Crippen molar-refractivity contribution in [3.05, 3.63) is 107 Å². The number of ether oxygens (including phenoxy) is 4. The summed E-state index contributed by atoms with van der Waals surface area (Å²) >= 11 is 0. The summed E-state index contributed by atoms with van der Waals surface area (Å²) in [4.78, 5) is 67.8. The molecule has 15 heteroatoms. The highest BCUT2D eigenvalue weighted by molar-refractivity contribution is 5.96. The van der Waals surface area contributed by atoms with Crippen molar-refractivity contribution in [1.29, 1.82) is 0 Å². The minimum absolute atomic E-state index is 0.179. The second-order valence-electron chi connectivity index (χ2n) is 20.2. The molecule has 360 valence electrons. The van der Waals surface area contributed by atoms with E-state index in [1.165, 1.54) is 45.4 Å². The van der Waals surface area contributed by atoms with Crippen LogP contribution >= 0.6 is 0 Å². The molecule has 10 atom stereocenters. The van der Waals surface area contributed by atoms with Gasteiger partial charge in [-0.2, -0.15) is 0 Å². The first kappa shape index (κ1) is 46.0. The maximum atomic E-state index is 15.7. The predicted molar refractivity (Wildman–Crippen MR) is 252 cm³/mol. The van der Waals surface area contributed by atoms with Crippen molar-refractivity contribution in [2.75, 3.05) is 66.0 Å². The van der Waals surface area contributed by atoms with E-state index in [0.29, 0.717) is 93.1 Å². The fourth-order valence-corrected chi connectivity index (χ4v) is 14.6. The number of aromatic amines is 1. The van der Waals surface area contributed by atoms with E-state index in [9.17, 15) is 23.9 Å². The number of nitrogens with zero attached hydrogens (tertiary/aromatic N) is 3. The van der Waals surface area contributed by atoms with Gasteiger partial charge in [-0.05, 0) is 98.5 Å². The number of aromatic nitrogens is 1. The molecule has 6 aliphatic rings. The summed E-state index contributed by atoms with van der Waals surface area (Å²) in [6.45, 7) is 8.47. The van der Waals surface area contributed by atoms with E-state index in [1.54, 1.807) is 7.11 Å². The van der Waals surface area contributed by atoms with Gasteiger partial charge < -0.3 is 44.2 Å². The Labute approximate surface area is 396 Å². The van der Waals surface area contributed by atoms with Gasteiger partial charge in [0.15, 0.2) is 6.10 Å². The highest BCUT2D eigenvalue weighted by Crippen LogP contribution is 2.68. The lowest BCUT2D eigenvalue weighted by Crippen LogP contribution is -2.81. The fraction of sp³-hybridized carbons (Fsp3) is 0.509. The molecule has 10 rings (SSSR count). The Balaban J connectivity index is 1.22. The summed E-state index contributed by atoms with van der Waals surface area (Å²) in [5, 5.41) is 17.8. The number of carbonyl (C=O) groups is 4. The predicted octanol–water partition coefficient (Wildman–Crippen LogP) is 5.57. The van der Waals surface area contributed by atoms with Crippen molar-refractivity contribution >= 4 is 40.4 Å². The molecule has 5 aliphatic heterocycles. The van der Waals surface area contributed by atoms with Crippen LogP contribution in [0.1, 0.15) is 85.6 Å². The normalized spacial score (nSPS) is 33.5. The molecule has 6 heterocycles. The smallest absolute Gasteiger partial charge is 0.344 e. The van der Waals surface area contributed by atoms with E-state index in [0.717, 1.165) is 22.0 Å². The van der Waals surface area contributed by atoms with Gasteiger partial charge >= 0.3 is 17.9 Å². The molecule has 2 saturated heterocycles. The molecule has 3 fully saturated rings. The number of likely N-dealkylation sites (N-methyl/N-ethyl adjacent to an activating group) is 1. The van der Waals surface area contributed by atoms with Crippen LogP contribution in [0.4, 0.5) is 10.1 Å². The third-order valence-corrected chi connectivity index (χ3v) is 17.1. The number of fused-ring (bicyclic) bond motifs is 6. The fourth-order valence-electron chi connectivity index (χ4n) is 14.6. The van der Waals surface area contributed by atoms with Crippen LogP contribution in [-0.2, 0) is 45.8 Å². The number of piperidine rings is 1. The van der Waals surface area contributed by atoms with Gasteiger partial charge in [0.25, 0.3) is 5.91 Å². The molecule has 1 unspecified atom stereocenters.